The average molecular weight is 406 g/mol. The van der Waals surface area contributed by atoms with Crippen molar-refractivity contribution in [2.24, 2.45) is 0 Å². The Hall–Kier alpha value is -2.36. The first-order chi connectivity index (χ1) is 12.5. The van der Waals surface area contributed by atoms with E-state index in [1.165, 1.54) is 11.8 Å². The summed E-state index contributed by atoms with van der Waals surface area (Å²) in [6.45, 7) is 0. The molecule has 26 heavy (non-hydrogen) atoms. The van der Waals surface area contributed by atoms with Gasteiger partial charge in [-0.15, -0.1) is 23.1 Å². The molecule has 1 amide bonds. The molecule has 134 valence electrons. The molecule has 3 aromatic rings. The third-order valence-corrected chi connectivity index (χ3v) is 6.99. The molecule has 0 aliphatic rings. The highest BCUT2D eigenvalue weighted by atomic mass is 32.2. The van der Waals surface area contributed by atoms with Gasteiger partial charge in [-0.25, -0.2) is 8.42 Å². The number of nitrogens with zero attached hydrogens (tertiary/aromatic N) is 1. The van der Waals surface area contributed by atoms with E-state index >= 15 is 0 Å². The van der Waals surface area contributed by atoms with Crippen LogP contribution in [0.25, 0.3) is 0 Å². The quantitative estimate of drug-likeness (QED) is 0.586. The van der Waals surface area contributed by atoms with E-state index in [1.54, 1.807) is 66.3 Å². The number of anilines is 2. The summed E-state index contributed by atoms with van der Waals surface area (Å²) in [7, 11) is -3.55. The monoisotopic (exact) mass is 405 g/mol. The van der Waals surface area contributed by atoms with Gasteiger partial charge in [0.2, 0.25) is 5.91 Å². The van der Waals surface area contributed by atoms with Crippen LogP contribution in [0.15, 0.2) is 75.4 Å². The Kier molecular flexibility index (Phi) is 5.92. The third-order valence-electron chi connectivity index (χ3n) is 3.20. The number of rotatable bonds is 7. The summed E-state index contributed by atoms with van der Waals surface area (Å²) in [6, 6.07) is 13.6. The van der Waals surface area contributed by atoms with E-state index in [1.807, 2.05) is 0 Å². The number of nitrogens with one attached hydrogen (secondary N) is 2. The molecular weight excluding hydrogens is 390 g/mol. The van der Waals surface area contributed by atoms with Crippen LogP contribution in [-0.4, -0.2) is 25.1 Å². The molecule has 0 aliphatic heterocycles. The molecule has 0 radical (unpaired) electrons. The van der Waals surface area contributed by atoms with Gasteiger partial charge < -0.3 is 5.32 Å². The maximum absolute atomic E-state index is 12.2. The number of hydrogen-bond donors (Lipinski definition) is 2. The lowest BCUT2D eigenvalue weighted by Crippen LogP contribution is -2.13. The van der Waals surface area contributed by atoms with Gasteiger partial charge in [-0.2, -0.15) is 0 Å². The fourth-order valence-corrected chi connectivity index (χ4v) is 4.77. The molecule has 0 bridgehead atoms. The molecule has 0 spiro atoms. The fraction of sp³-hybridized carbons (Fsp3) is 0.0588. The van der Waals surface area contributed by atoms with Gasteiger partial charge in [0.15, 0.2) is 0 Å². The van der Waals surface area contributed by atoms with E-state index in [2.05, 4.69) is 15.0 Å². The van der Waals surface area contributed by atoms with Gasteiger partial charge in [0.1, 0.15) is 4.21 Å². The van der Waals surface area contributed by atoms with Gasteiger partial charge in [-0.1, -0.05) is 6.07 Å². The first-order valence-corrected chi connectivity index (χ1v) is 10.9. The Morgan fingerprint density at radius 3 is 2.42 bits per heavy atom. The predicted molar refractivity (Wildman–Crippen MR) is 105 cm³/mol. The minimum atomic E-state index is -3.55. The molecule has 6 nitrogen and oxygen atoms in total. The van der Waals surface area contributed by atoms with Gasteiger partial charge in [0.25, 0.3) is 10.0 Å². The second kappa shape index (κ2) is 8.35. The van der Waals surface area contributed by atoms with Crippen molar-refractivity contribution < 1.29 is 13.2 Å². The second-order valence-electron chi connectivity index (χ2n) is 5.13. The Bertz CT molecular complexity index is 958. The molecule has 0 saturated heterocycles. The summed E-state index contributed by atoms with van der Waals surface area (Å²) in [5.41, 5.74) is 1.17. The smallest absolute Gasteiger partial charge is 0.271 e. The predicted octanol–water partition coefficient (Wildman–Crippen LogP) is 3.67. The van der Waals surface area contributed by atoms with Crippen LogP contribution in [0.3, 0.4) is 0 Å². The lowest BCUT2D eigenvalue weighted by atomic mass is 10.3. The SMILES string of the molecule is O=C(CSc1ccc(NS(=O)(=O)c2cccs2)cc1)Nc1ccncc1. The molecule has 9 heteroatoms. The molecule has 0 aliphatic carbocycles. The maximum Gasteiger partial charge on any atom is 0.271 e. The van der Waals surface area contributed by atoms with E-state index in [4.69, 9.17) is 0 Å². The van der Waals surface area contributed by atoms with Crippen molar-refractivity contribution >= 4 is 50.4 Å². The number of thioether (sulfide) groups is 1. The standard InChI is InChI=1S/C17H15N3O3S3/c21-16(19-13-7-9-18-10-8-13)12-25-15-5-3-14(4-6-15)20-26(22,23)17-2-1-11-24-17/h1-11,20H,12H2,(H,18,19,21). The van der Waals surface area contributed by atoms with Gasteiger partial charge in [-0.3, -0.25) is 14.5 Å². The van der Waals surface area contributed by atoms with E-state index in [9.17, 15) is 13.2 Å². The van der Waals surface area contributed by atoms with Crippen LogP contribution in [0.4, 0.5) is 11.4 Å². The summed E-state index contributed by atoms with van der Waals surface area (Å²) in [4.78, 5) is 16.7. The highest BCUT2D eigenvalue weighted by molar-refractivity contribution is 8.00. The fourth-order valence-electron chi connectivity index (χ4n) is 2.02. The summed E-state index contributed by atoms with van der Waals surface area (Å²) in [6.07, 6.45) is 3.22. The lowest BCUT2D eigenvalue weighted by Gasteiger charge is -2.08. The number of pyridine rings is 1. The topological polar surface area (TPSA) is 88.2 Å². The number of thiophene rings is 1. The first kappa shape index (κ1) is 18.4. The van der Waals surface area contributed by atoms with Crippen molar-refractivity contribution in [3.63, 3.8) is 0 Å². The summed E-state index contributed by atoms with van der Waals surface area (Å²) >= 11 is 2.53. The molecular formula is C17H15N3O3S3. The summed E-state index contributed by atoms with van der Waals surface area (Å²) < 4.78 is 27.1. The number of benzene rings is 1. The van der Waals surface area contributed by atoms with Crippen LogP contribution < -0.4 is 10.0 Å². The van der Waals surface area contributed by atoms with Crippen LogP contribution >= 0.6 is 23.1 Å². The van der Waals surface area contributed by atoms with Gasteiger partial charge >= 0.3 is 0 Å². The van der Waals surface area contributed by atoms with Crippen LogP contribution in [0.2, 0.25) is 0 Å². The Morgan fingerprint density at radius 2 is 1.77 bits per heavy atom. The summed E-state index contributed by atoms with van der Waals surface area (Å²) in [5, 5.41) is 4.49. The molecule has 2 aromatic heterocycles. The number of amides is 1. The van der Waals surface area contributed by atoms with E-state index in [-0.39, 0.29) is 15.9 Å². The van der Waals surface area contributed by atoms with Crippen molar-refractivity contribution in [2.75, 3.05) is 15.8 Å². The molecule has 3 rings (SSSR count). The van der Waals surface area contributed by atoms with Crippen molar-refractivity contribution in [3.05, 3.63) is 66.3 Å². The molecule has 0 unspecified atom stereocenters. The van der Waals surface area contributed by atoms with Gasteiger partial charge in [0.05, 0.1) is 5.75 Å². The average Bonchev–Trinajstić information content (AvgIpc) is 3.17. The first-order valence-electron chi connectivity index (χ1n) is 7.52. The molecule has 0 fully saturated rings. The zero-order valence-electron chi connectivity index (χ0n) is 13.5. The van der Waals surface area contributed by atoms with Crippen LogP contribution in [-0.2, 0) is 14.8 Å². The molecule has 0 atom stereocenters. The second-order valence-corrected chi connectivity index (χ2v) is 9.04. The minimum absolute atomic E-state index is 0.122. The molecule has 2 N–H and O–H groups in total. The Morgan fingerprint density at radius 1 is 1.04 bits per heavy atom. The van der Waals surface area contributed by atoms with Gasteiger partial charge in [-0.05, 0) is 47.8 Å². The van der Waals surface area contributed by atoms with E-state index in [0.29, 0.717) is 11.4 Å². The molecule has 0 saturated carbocycles. The van der Waals surface area contributed by atoms with E-state index in [0.717, 1.165) is 16.2 Å². The van der Waals surface area contributed by atoms with Crippen LogP contribution in [0.1, 0.15) is 0 Å². The summed E-state index contributed by atoms with van der Waals surface area (Å²) in [5.74, 6) is 0.131. The number of hydrogen-bond acceptors (Lipinski definition) is 6. The Balaban J connectivity index is 1.54. The largest absolute Gasteiger partial charge is 0.325 e. The number of carbonyl (C=O) groups excluding carboxylic acids is 1. The van der Waals surface area contributed by atoms with Crippen LogP contribution in [0.5, 0.6) is 0 Å². The normalized spacial score (nSPS) is 11.1. The van der Waals surface area contributed by atoms with Crippen molar-refractivity contribution in [1.82, 2.24) is 4.98 Å². The Labute approximate surface area is 159 Å². The molecule has 1 aromatic carbocycles. The highest BCUT2D eigenvalue weighted by Gasteiger charge is 2.15. The van der Waals surface area contributed by atoms with Crippen LogP contribution in [0, 0.1) is 0 Å². The minimum Gasteiger partial charge on any atom is -0.325 e. The maximum atomic E-state index is 12.2. The van der Waals surface area contributed by atoms with Gasteiger partial charge in [0, 0.05) is 28.7 Å². The van der Waals surface area contributed by atoms with Crippen molar-refractivity contribution in [2.45, 2.75) is 9.10 Å². The van der Waals surface area contributed by atoms with Crippen molar-refractivity contribution in [3.8, 4) is 0 Å². The van der Waals surface area contributed by atoms with E-state index < -0.39 is 10.0 Å². The number of sulfonamides is 1. The third kappa shape index (κ3) is 5.07. The number of carbonyl (C=O) groups is 1. The van der Waals surface area contributed by atoms with Crippen molar-refractivity contribution in [1.29, 1.82) is 0 Å². The number of aromatic nitrogens is 1. The zero-order chi connectivity index (χ0) is 18.4. The highest BCUT2D eigenvalue weighted by Crippen LogP contribution is 2.23. The lowest BCUT2D eigenvalue weighted by molar-refractivity contribution is -0.113. The molecule has 2 heterocycles. The zero-order valence-corrected chi connectivity index (χ0v) is 15.9.